The van der Waals surface area contributed by atoms with Crippen LogP contribution in [-0.2, 0) is 16.0 Å². The van der Waals surface area contributed by atoms with E-state index >= 15 is 0 Å². The number of hydrogen-bond acceptors (Lipinski definition) is 5. The molecule has 0 saturated carbocycles. The first kappa shape index (κ1) is 23.2. The van der Waals surface area contributed by atoms with Crippen molar-refractivity contribution in [1.82, 2.24) is 30.6 Å². The van der Waals surface area contributed by atoms with Crippen LogP contribution in [0.15, 0.2) is 42.7 Å². The van der Waals surface area contributed by atoms with E-state index in [1.807, 2.05) is 24.0 Å². The number of hydrogen-bond donors (Lipinski definition) is 4. The summed E-state index contributed by atoms with van der Waals surface area (Å²) in [5.41, 5.74) is 3.34. The lowest BCUT2D eigenvalue weighted by Crippen LogP contribution is -2.38. The van der Waals surface area contributed by atoms with Crippen LogP contribution >= 0.6 is 0 Å². The summed E-state index contributed by atoms with van der Waals surface area (Å²) in [6, 6.07) is 8.77. The van der Waals surface area contributed by atoms with Crippen LogP contribution in [0.3, 0.4) is 0 Å². The SMILES string of the molecule is Cc1ccc(C(=O)NCC(=O)Nc2cc([C@@H]3CCCCN3C(=O)CCc3cn[nH]c3)[nH]n2)cc1. The number of likely N-dealkylation sites (tertiary alicyclic amines) is 1. The summed E-state index contributed by atoms with van der Waals surface area (Å²) in [6.07, 6.45) is 7.39. The lowest BCUT2D eigenvalue weighted by molar-refractivity contribution is -0.135. The number of benzene rings is 1. The lowest BCUT2D eigenvalue weighted by Gasteiger charge is -2.35. The molecule has 10 heteroatoms. The fourth-order valence-electron chi connectivity index (χ4n) is 4.09. The number of amides is 3. The predicted molar refractivity (Wildman–Crippen MR) is 126 cm³/mol. The highest BCUT2D eigenvalue weighted by Crippen LogP contribution is 2.31. The zero-order chi connectivity index (χ0) is 23.9. The van der Waals surface area contributed by atoms with Gasteiger partial charge in [-0.3, -0.25) is 24.6 Å². The molecule has 1 aliphatic heterocycles. The van der Waals surface area contributed by atoms with Crippen LogP contribution in [0.4, 0.5) is 5.82 Å². The number of carbonyl (C=O) groups excluding carboxylic acids is 3. The van der Waals surface area contributed by atoms with Crippen LogP contribution in [0, 0.1) is 6.92 Å². The molecule has 34 heavy (non-hydrogen) atoms. The number of aromatic nitrogens is 4. The van der Waals surface area contributed by atoms with Gasteiger partial charge in [0.15, 0.2) is 5.82 Å². The first-order valence-corrected chi connectivity index (χ1v) is 11.5. The number of nitrogens with one attached hydrogen (secondary N) is 4. The molecule has 1 aliphatic rings. The monoisotopic (exact) mass is 463 g/mol. The summed E-state index contributed by atoms with van der Waals surface area (Å²) in [5, 5.41) is 19.1. The van der Waals surface area contributed by atoms with E-state index in [9.17, 15) is 14.4 Å². The Morgan fingerprint density at radius 2 is 2.00 bits per heavy atom. The average Bonchev–Trinajstić information content (AvgIpc) is 3.54. The van der Waals surface area contributed by atoms with Gasteiger partial charge in [-0.2, -0.15) is 10.2 Å². The minimum Gasteiger partial charge on any atom is -0.343 e. The standard InChI is InChI=1S/C24H29N7O3/c1-16-5-8-18(9-6-16)24(34)25-15-22(32)28-21-12-19(29-30-21)20-4-2-3-11-31(20)23(33)10-7-17-13-26-27-14-17/h5-6,8-9,12-14,20H,2-4,7,10-11,15H2,1H3,(H,25,34)(H,26,27)(H2,28,29,30,32)/t20-/m0/s1. The minimum atomic E-state index is -0.379. The van der Waals surface area contributed by atoms with Gasteiger partial charge in [0, 0.05) is 30.8 Å². The number of piperidine rings is 1. The van der Waals surface area contributed by atoms with Crippen LogP contribution in [0.5, 0.6) is 0 Å². The van der Waals surface area contributed by atoms with Crippen LogP contribution < -0.4 is 10.6 Å². The molecule has 0 bridgehead atoms. The van der Waals surface area contributed by atoms with Gasteiger partial charge in [-0.1, -0.05) is 17.7 Å². The molecule has 1 aromatic carbocycles. The van der Waals surface area contributed by atoms with Gasteiger partial charge in [0.1, 0.15) is 0 Å². The molecular weight excluding hydrogens is 434 g/mol. The van der Waals surface area contributed by atoms with Crippen molar-refractivity contribution in [3.05, 3.63) is 65.1 Å². The molecular formula is C24H29N7O3. The van der Waals surface area contributed by atoms with E-state index < -0.39 is 0 Å². The van der Waals surface area contributed by atoms with Crippen LogP contribution in [-0.4, -0.2) is 56.1 Å². The molecule has 178 valence electrons. The predicted octanol–water partition coefficient (Wildman–Crippen LogP) is 2.50. The Morgan fingerprint density at radius 3 is 2.76 bits per heavy atom. The lowest BCUT2D eigenvalue weighted by atomic mass is 9.98. The van der Waals surface area contributed by atoms with E-state index in [4.69, 9.17) is 0 Å². The number of rotatable bonds is 8. The van der Waals surface area contributed by atoms with Crippen LogP contribution in [0.2, 0.25) is 0 Å². The van der Waals surface area contributed by atoms with Gasteiger partial charge in [-0.15, -0.1) is 0 Å². The van der Waals surface area contributed by atoms with Crippen molar-refractivity contribution in [2.24, 2.45) is 0 Å². The number of anilines is 1. The molecule has 4 rings (SSSR count). The zero-order valence-electron chi connectivity index (χ0n) is 19.1. The van der Waals surface area contributed by atoms with Gasteiger partial charge in [0.05, 0.1) is 24.5 Å². The maximum Gasteiger partial charge on any atom is 0.251 e. The molecule has 4 N–H and O–H groups in total. The molecule has 1 saturated heterocycles. The molecule has 0 spiro atoms. The maximum atomic E-state index is 12.9. The second-order valence-electron chi connectivity index (χ2n) is 8.51. The molecule has 10 nitrogen and oxygen atoms in total. The molecule has 0 radical (unpaired) electrons. The molecule has 3 heterocycles. The fraction of sp³-hybridized carbons (Fsp3) is 0.375. The first-order valence-electron chi connectivity index (χ1n) is 11.5. The van der Waals surface area contributed by atoms with E-state index in [1.54, 1.807) is 30.6 Å². The number of H-pyrrole nitrogens is 2. The number of carbonyl (C=O) groups is 3. The summed E-state index contributed by atoms with van der Waals surface area (Å²) >= 11 is 0. The van der Waals surface area contributed by atoms with Crippen molar-refractivity contribution >= 4 is 23.5 Å². The van der Waals surface area contributed by atoms with E-state index in [2.05, 4.69) is 31.0 Å². The Hall–Kier alpha value is -3.95. The van der Waals surface area contributed by atoms with Gasteiger partial charge in [-0.05, 0) is 50.3 Å². The summed E-state index contributed by atoms with van der Waals surface area (Å²) < 4.78 is 0. The third-order valence-corrected chi connectivity index (χ3v) is 5.95. The second-order valence-corrected chi connectivity index (χ2v) is 8.51. The Balaban J connectivity index is 1.31. The van der Waals surface area contributed by atoms with Gasteiger partial charge >= 0.3 is 0 Å². The van der Waals surface area contributed by atoms with E-state index in [0.717, 1.165) is 36.1 Å². The van der Waals surface area contributed by atoms with Crippen molar-refractivity contribution in [3.8, 4) is 0 Å². The van der Waals surface area contributed by atoms with Crippen LogP contribution in [0.1, 0.15) is 58.9 Å². The quantitative estimate of drug-likeness (QED) is 0.407. The first-order chi connectivity index (χ1) is 16.5. The third-order valence-electron chi connectivity index (χ3n) is 5.95. The van der Waals surface area contributed by atoms with Crippen molar-refractivity contribution in [2.45, 2.75) is 45.1 Å². The van der Waals surface area contributed by atoms with Gasteiger partial charge < -0.3 is 15.5 Å². The summed E-state index contributed by atoms with van der Waals surface area (Å²) in [7, 11) is 0. The van der Waals surface area contributed by atoms with E-state index in [0.29, 0.717) is 30.8 Å². The van der Waals surface area contributed by atoms with E-state index in [1.165, 1.54) is 0 Å². The fourth-order valence-corrected chi connectivity index (χ4v) is 4.09. The molecule has 0 unspecified atom stereocenters. The molecule has 2 aromatic heterocycles. The summed E-state index contributed by atoms with van der Waals surface area (Å²) in [4.78, 5) is 39.3. The highest BCUT2D eigenvalue weighted by Gasteiger charge is 2.29. The number of nitrogens with zero attached hydrogens (tertiary/aromatic N) is 3. The number of aromatic amines is 2. The number of aryl methyl sites for hydroxylation is 2. The summed E-state index contributed by atoms with van der Waals surface area (Å²) in [6.45, 7) is 2.47. The van der Waals surface area contributed by atoms with Crippen molar-refractivity contribution in [1.29, 1.82) is 0 Å². The molecule has 0 aliphatic carbocycles. The Labute approximate surface area is 197 Å². The van der Waals surface area contributed by atoms with Crippen LogP contribution in [0.25, 0.3) is 0 Å². The highest BCUT2D eigenvalue weighted by molar-refractivity contribution is 5.99. The van der Waals surface area contributed by atoms with Crippen molar-refractivity contribution < 1.29 is 14.4 Å². The summed E-state index contributed by atoms with van der Waals surface area (Å²) in [5.74, 6) is -0.245. The Kier molecular flexibility index (Phi) is 7.36. The van der Waals surface area contributed by atoms with Gasteiger partial charge in [0.25, 0.3) is 5.91 Å². The Morgan fingerprint density at radius 1 is 1.18 bits per heavy atom. The molecule has 3 aromatic rings. The average molecular weight is 464 g/mol. The molecule has 1 atom stereocenters. The van der Waals surface area contributed by atoms with E-state index in [-0.39, 0.29) is 30.3 Å². The smallest absolute Gasteiger partial charge is 0.251 e. The van der Waals surface area contributed by atoms with Crippen molar-refractivity contribution in [3.63, 3.8) is 0 Å². The van der Waals surface area contributed by atoms with Gasteiger partial charge in [-0.25, -0.2) is 0 Å². The minimum absolute atomic E-state index is 0.0879. The molecule has 3 amide bonds. The normalized spacial score (nSPS) is 15.7. The van der Waals surface area contributed by atoms with Gasteiger partial charge in [0.2, 0.25) is 11.8 Å². The molecule has 1 fully saturated rings. The maximum absolute atomic E-state index is 12.9. The zero-order valence-corrected chi connectivity index (χ0v) is 19.1. The second kappa shape index (κ2) is 10.8. The highest BCUT2D eigenvalue weighted by atomic mass is 16.2. The Bertz CT molecular complexity index is 1120. The third kappa shape index (κ3) is 5.89. The van der Waals surface area contributed by atoms with Crippen molar-refractivity contribution in [2.75, 3.05) is 18.4 Å². The largest absolute Gasteiger partial charge is 0.343 e. The topological polar surface area (TPSA) is 136 Å².